The Kier molecular flexibility index (Phi) is 17.4. The van der Waals surface area contributed by atoms with Crippen molar-refractivity contribution < 1.29 is 29.0 Å². The summed E-state index contributed by atoms with van der Waals surface area (Å²) in [4.78, 5) is 52.3. The Bertz CT molecular complexity index is 1260. The number of hydrogen-bond donors (Lipinski definition) is 5. The number of nitrogens with zero attached hydrogens (tertiary/aromatic N) is 2. The summed E-state index contributed by atoms with van der Waals surface area (Å²) in [5.41, 5.74) is 1.88. The van der Waals surface area contributed by atoms with Crippen molar-refractivity contribution >= 4 is 35.6 Å². The zero-order valence-corrected chi connectivity index (χ0v) is 29.6. The second kappa shape index (κ2) is 20.6. The third kappa shape index (κ3) is 14.4. The Morgan fingerprint density at radius 2 is 1.74 bits per heavy atom. The van der Waals surface area contributed by atoms with Crippen molar-refractivity contribution in [3.05, 3.63) is 53.9 Å². The average molecular weight is 675 g/mol. The molecule has 0 bridgehead atoms. The number of carbonyl (C=O) groups is 4. The molecule has 1 heterocycles. The van der Waals surface area contributed by atoms with Gasteiger partial charge in [-0.1, -0.05) is 65.0 Å². The number of alkyl carbamates (subject to hydrolysis) is 1. The largest absolute Gasteiger partial charge is 0.426 e. The number of carbonyl (C=O) groups excluding carboxylic acids is 4. The van der Waals surface area contributed by atoms with E-state index >= 15 is 0 Å². The van der Waals surface area contributed by atoms with Crippen LogP contribution in [0, 0.1) is 24.7 Å². The first-order chi connectivity index (χ1) is 22.3. The Morgan fingerprint density at radius 1 is 1.00 bits per heavy atom. The topological polar surface area (TPSA) is 164 Å². The molecule has 262 valence electrons. The fourth-order valence-electron chi connectivity index (χ4n) is 4.97. The molecule has 1 aliphatic rings. The minimum absolute atomic E-state index is 0.0651. The Hall–Kier alpha value is -3.58. The first kappa shape index (κ1) is 39.6. The maximum absolute atomic E-state index is 13.4. The number of allylic oxidation sites excluding steroid dienone is 5. The predicted molar refractivity (Wildman–Crippen MR) is 185 cm³/mol. The number of aryl methyl sites for hydroxylation is 1. The minimum Gasteiger partial charge on any atom is -0.426 e. The molecule has 1 aromatic heterocycles. The Labute approximate surface area is 283 Å². The van der Waals surface area contributed by atoms with Crippen molar-refractivity contribution in [1.29, 1.82) is 0 Å². The molecule has 4 amide bonds. The fraction of sp³-hybridized carbons (Fsp3) is 0.618. The summed E-state index contributed by atoms with van der Waals surface area (Å²) in [7, 11) is 0. The van der Waals surface area contributed by atoms with E-state index in [4.69, 9.17) is 4.74 Å². The van der Waals surface area contributed by atoms with Crippen LogP contribution in [0.2, 0.25) is 0 Å². The van der Waals surface area contributed by atoms with E-state index in [1.807, 2.05) is 71.3 Å². The van der Waals surface area contributed by atoms with Crippen LogP contribution in [0.5, 0.6) is 0 Å². The van der Waals surface area contributed by atoms with Crippen molar-refractivity contribution in [2.75, 3.05) is 18.6 Å². The number of thioether (sulfide) groups is 1. The van der Waals surface area contributed by atoms with Gasteiger partial charge in [0.2, 0.25) is 17.7 Å². The quantitative estimate of drug-likeness (QED) is 0.149. The van der Waals surface area contributed by atoms with Gasteiger partial charge in [-0.05, 0) is 68.1 Å². The third-order valence-electron chi connectivity index (χ3n) is 7.83. The van der Waals surface area contributed by atoms with E-state index in [0.29, 0.717) is 25.1 Å². The van der Waals surface area contributed by atoms with Gasteiger partial charge in [-0.15, -0.1) is 0 Å². The van der Waals surface area contributed by atoms with Crippen molar-refractivity contribution in [2.24, 2.45) is 17.8 Å². The van der Waals surface area contributed by atoms with E-state index in [0.717, 1.165) is 17.7 Å². The predicted octanol–water partition coefficient (Wildman–Crippen LogP) is 3.61. The number of amides is 4. The fourth-order valence-corrected chi connectivity index (χ4v) is 5.44. The lowest BCUT2D eigenvalue weighted by molar-refractivity contribution is -0.132. The standard InChI is InChI=1S/C34H54N6O6S/c1-22(2)18-28(37-32(43)27(15-17-47-7)38-34(45)46-21-40-25(6)14-16-36-40)29(41)19-24(5)31(42)39-30(23(3)4)33(44)35-20-26-12-10-8-9-11-13-26/h8-12,14,16,22-24,27-30,41H,13,15,17-21H2,1-7H3,(H,35,44)(H,37,43)(H,38,45)(H,39,42)/t24-,27+,28+,29+,30+/m1/s1. The SMILES string of the molecule is CSCC[C@H](NC(=O)OCn1nccc1C)C(=O)N[C@@H](CC(C)C)[C@@H](O)C[C@@H](C)C(=O)N[C@H](C(=O)NCC1=CC=CC=CC1)C(C)C. The van der Waals surface area contributed by atoms with E-state index in [-0.39, 0.29) is 36.8 Å². The molecule has 0 saturated heterocycles. The number of ether oxygens (including phenoxy) is 1. The molecule has 1 aliphatic carbocycles. The van der Waals surface area contributed by atoms with Crippen LogP contribution in [0.1, 0.15) is 66.0 Å². The lowest BCUT2D eigenvalue weighted by atomic mass is 9.91. The van der Waals surface area contributed by atoms with Gasteiger partial charge in [0.1, 0.15) is 12.1 Å². The summed E-state index contributed by atoms with van der Waals surface area (Å²) in [5.74, 6) is -1.14. The molecule has 0 saturated carbocycles. The first-order valence-corrected chi connectivity index (χ1v) is 17.7. The highest BCUT2D eigenvalue weighted by Gasteiger charge is 2.31. The minimum atomic E-state index is -1.05. The molecule has 5 atom stereocenters. The molecular weight excluding hydrogens is 620 g/mol. The second-order valence-electron chi connectivity index (χ2n) is 12.8. The van der Waals surface area contributed by atoms with Crippen LogP contribution < -0.4 is 21.3 Å². The number of aromatic nitrogens is 2. The summed E-state index contributed by atoms with van der Waals surface area (Å²) in [6.07, 6.45) is 13.1. The van der Waals surface area contributed by atoms with E-state index in [2.05, 4.69) is 26.4 Å². The lowest BCUT2D eigenvalue weighted by Gasteiger charge is -2.30. The maximum atomic E-state index is 13.4. The number of aliphatic hydroxyl groups is 1. The summed E-state index contributed by atoms with van der Waals surface area (Å²) >= 11 is 1.54. The van der Waals surface area contributed by atoms with Crippen molar-refractivity contribution in [3.63, 3.8) is 0 Å². The molecule has 13 heteroatoms. The van der Waals surface area contributed by atoms with Crippen LogP contribution in [0.4, 0.5) is 4.79 Å². The number of hydrogen-bond acceptors (Lipinski definition) is 8. The first-order valence-electron chi connectivity index (χ1n) is 16.3. The summed E-state index contributed by atoms with van der Waals surface area (Å²) in [5, 5.41) is 26.7. The van der Waals surface area contributed by atoms with Crippen LogP contribution in [-0.4, -0.2) is 81.5 Å². The van der Waals surface area contributed by atoms with E-state index in [9.17, 15) is 24.3 Å². The molecule has 5 N–H and O–H groups in total. The highest BCUT2D eigenvalue weighted by Crippen LogP contribution is 2.17. The Balaban J connectivity index is 2.00. The van der Waals surface area contributed by atoms with E-state index < -0.39 is 42.1 Å². The van der Waals surface area contributed by atoms with Gasteiger partial charge in [0.15, 0.2) is 6.73 Å². The molecule has 47 heavy (non-hydrogen) atoms. The number of rotatable bonds is 19. The highest BCUT2D eigenvalue weighted by molar-refractivity contribution is 7.98. The van der Waals surface area contributed by atoms with E-state index in [1.165, 1.54) is 16.4 Å². The molecule has 0 aromatic carbocycles. The monoisotopic (exact) mass is 674 g/mol. The van der Waals surface area contributed by atoms with Crippen molar-refractivity contribution in [3.8, 4) is 0 Å². The molecule has 0 spiro atoms. The van der Waals surface area contributed by atoms with Gasteiger partial charge in [0.25, 0.3) is 0 Å². The van der Waals surface area contributed by atoms with Crippen LogP contribution in [0.25, 0.3) is 0 Å². The molecule has 12 nitrogen and oxygen atoms in total. The summed E-state index contributed by atoms with van der Waals surface area (Å²) in [6.45, 7) is 11.5. The molecular formula is C34H54N6O6S. The Morgan fingerprint density at radius 3 is 2.38 bits per heavy atom. The van der Waals surface area contributed by atoms with Gasteiger partial charge in [-0.25, -0.2) is 9.48 Å². The van der Waals surface area contributed by atoms with Gasteiger partial charge in [-0.2, -0.15) is 16.9 Å². The number of aliphatic hydroxyl groups excluding tert-OH is 1. The average Bonchev–Trinajstić information content (AvgIpc) is 3.25. The van der Waals surface area contributed by atoms with Gasteiger partial charge in [-0.3, -0.25) is 14.4 Å². The van der Waals surface area contributed by atoms with Crippen LogP contribution in [-0.2, 0) is 25.9 Å². The normalized spacial score (nSPS) is 16.0. The van der Waals surface area contributed by atoms with Gasteiger partial charge >= 0.3 is 6.09 Å². The van der Waals surface area contributed by atoms with Crippen LogP contribution >= 0.6 is 11.8 Å². The molecule has 0 fully saturated rings. The van der Waals surface area contributed by atoms with Crippen molar-refractivity contribution in [1.82, 2.24) is 31.0 Å². The zero-order chi connectivity index (χ0) is 34.9. The third-order valence-corrected chi connectivity index (χ3v) is 8.48. The molecule has 0 aliphatic heterocycles. The second-order valence-corrected chi connectivity index (χ2v) is 13.7. The lowest BCUT2D eigenvalue weighted by Crippen LogP contribution is -2.54. The summed E-state index contributed by atoms with van der Waals surface area (Å²) < 4.78 is 6.79. The highest BCUT2D eigenvalue weighted by atomic mass is 32.2. The summed E-state index contributed by atoms with van der Waals surface area (Å²) in [6, 6.07) is -0.513. The van der Waals surface area contributed by atoms with Crippen molar-refractivity contribution in [2.45, 2.75) is 98.2 Å². The molecule has 0 unspecified atom stereocenters. The van der Waals surface area contributed by atoms with Crippen LogP contribution in [0.3, 0.4) is 0 Å². The molecule has 0 radical (unpaired) electrons. The molecule has 2 rings (SSSR count). The zero-order valence-electron chi connectivity index (χ0n) is 28.8. The van der Waals surface area contributed by atoms with E-state index in [1.54, 1.807) is 19.2 Å². The van der Waals surface area contributed by atoms with Gasteiger partial charge < -0.3 is 31.1 Å². The van der Waals surface area contributed by atoms with Crippen LogP contribution in [0.15, 0.2) is 48.2 Å². The smallest absolute Gasteiger partial charge is 0.409 e. The number of nitrogens with one attached hydrogen (secondary N) is 4. The van der Waals surface area contributed by atoms with Gasteiger partial charge in [0, 0.05) is 24.4 Å². The van der Waals surface area contributed by atoms with Gasteiger partial charge in [0.05, 0.1) is 12.1 Å². The maximum Gasteiger partial charge on any atom is 0.409 e. The molecule has 1 aromatic rings.